The number of aryl methyl sites for hydroxylation is 1. The van der Waals surface area contributed by atoms with Crippen LogP contribution in [0.25, 0.3) is 0 Å². The summed E-state index contributed by atoms with van der Waals surface area (Å²) >= 11 is 3.50. The van der Waals surface area contributed by atoms with Crippen molar-refractivity contribution in [3.8, 4) is 0 Å². The van der Waals surface area contributed by atoms with E-state index in [0.717, 1.165) is 29.8 Å². The molecule has 0 aliphatic carbocycles. The molecule has 1 aromatic rings. The molecule has 1 saturated heterocycles. The number of rotatable bonds is 5. The van der Waals surface area contributed by atoms with E-state index >= 15 is 0 Å². The molecule has 1 aliphatic heterocycles. The molecule has 0 aromatic carbocycles. The number of allylic oxidation sites excluding steroid dienone is 1. The Labute approximate surface area is 127 Å². The number of hydrogen-bond acceptors (Lipinski definition) is 3. The molecule has 6 heteroatoms. The molecule has 20 heavy (non-hydrogen) atoms. The molecule has 0 bridgehead atoms. The number of carboxylic acid groups (broad SMARTS) is 1. The lowest BCUT2D eigenvalue weighted by atomic mass is 9.75. The summed E-state index contributed by atoms with van der Waals surface area (Å²) < 4.78 is 2.86. The molecular weight excluding hydrogens is 322 g/mol. The Kier molecular flexibility index (Phi) is 4.65. The van der Waals surface area contributed by atoms with Gasteiger partial charge in [-0.15, -0.1) is 6.58 Å². The van der Waals surface area contributed by atoms with E-state index in [0.29, 0.717) is 19.3 Å². The monoisotopic (exact) mass is 341 g/mol. The van der Waals surface area contributed by atoms with E-state index in [2.05, 4.69) is 32.5 Å². The van der Waals surface area contributed by atoms with Crippen LogP contribution in [0.2, 0.25) is 0 Å². The number of likely N-dealkylation sites (tertiary alicyclic amines) is 1. The highest BCUT2D eigenvalue weighted by atomic mass is 79.9. The topological polar surface area (TPSA) is 58.4 Å². The van der Waals surface area contributed by atoms with Crippen LogP contribution in [0.15, 0.2) is 23.3 Å². The van der Waals surface area contributed by atoms with Crippen molar-refractivity contribution in [1.82, 2.24) is 14.7 Å². The predicted octanol–water partition coefficient (Wildman–Crippen LogP) is 2.43. The molecule has 110 valence electrons. The van der Waals surface area contributed by atoms with Crippen LogP contribution in [-0.4, -0.2) is 38.8 Å². The van der Waals surface area contributed by atoms with Gasteiger partial charge in [0.2, 0.25) is 0 Å². The van der Waals surface area contributed by atoms with E-state index in [-0.39, 0.29) is 0 Å². The van der Waals surface area contributed by atoms with Crippen LogP contribution < -0.4 is 0 Å². The molecule has 0 spiro atoms. The summed E-state index contributed by atoms with van der Waals surface area (Å²) in [6, 6.07) is 0. The molecule has 5 nitrogen and oxygen atoms in total. The molecule has 0 radical (unpaired) electrons. The summed E-state index contributed by atoms with van der Waals surface area (Å²) in [6.07, 6.45) is 5.40. The van der Waals surface area contributed by atoms with Crippen LogP contribution in [0, 0.1) is 5.41 Å². The molecule has 2 rings (SSSR count). The van der Waals surface area contributed by atoms with E-state index < -0.39 is 11.4 Å². The molecule has 1 fully saturated rings. The Morgan fingerprint density at radius 1 is 1.60 bits per heavy atom. The maximum Gasteiger partial charge on any atom is 0.310 e. The second-order valence-corrected chi connectivity index (χ2v) is 6.27. The van der Waals surface area contributed by atoms with Crippen LogP contribution in [-0.2, 0) is 18.4 Å². The molecule has 2 heterocycles. The van der Waals surface area contributed by atoms with Crippen LogP contribution in [0.4, 0.5) is 0 Å². The molecule has 0 amide bonds. The zero-order chi connectivity index (χ0) is 14.8. The van der Waals surface area contributed by atoms with Crippen molar-refractivity contribution >= 4 is 21.9 Å². The van der Waals surface area contributed by atoms with Crippen LogP contribution in [0.3, 0.4) is 0 Å². The first-order valence-corrected chi connectivity index (χ1v) is 7.51. The Balaban J connectivity index is 2.00. The third kappa shape index (κ3) is 2.96. The molecule has 1 aromatic heterocycles. The lowest BCUT2D eigenvalue weighted by Gasteiger charge is -2.38. The largest absolute Gasteiger partial charge is 0.481 e. The Bertz CT molecular complexity index is 485. The summed E-state index contributed by atoms with van der Waals surface area (Å²) in [7, 11) is 1.92. The van der Waals surface area contributed by atoms with E-state index in [4.69, 9.17) is 0 Å². The molecule has 1 N–H and O–H groups in total. The first kappa shape index (κ1) is 15.3. The van der Waals surface area contributed by atoms with Crippen molar-refractivity contribution in [2.45, 2.75) is 25.8 Å². The molecule has 0 unspecified atom stereocenters. The fourth-order valence-corrected chi connectivity index (χ4v) is 3.22. The number of hydrogen-bond donors (Lipinski definition) is 1. The van der Waals surface area contributed by atoms with Crippen LogP contribution in [0.1, 0.15) is 25.0 Å². The number of halogens is 1. The smallest absolute Gasteiger partial charge is 0.310 e. The van der Waals surface area contributed by atoms with Gasteiger partial charge in [0.1, 0.15) is 0 Å². The highest BCUT2D eigenvalue weighted by Crippen LogP contribution is 2.36. The van der Waals surface area contributed by atoms with E-state index in [1.54, 1.807) is 12.3 Å². The molecule has 1 aliphatic rings. The summed E-state index contributed by atoms with van der Waals surface area (Å²) in [5, 5.41) is 13.7. The number of piperidine rings is 1. The van der Waals surface area contributed by atoms with Gasteiger partial charge in [-0.05, 0) is 48.3 Å². The minimum atomic E-state index is -0.696. The zero-order valence-corrected chi connectivity index (χ0v) is 13.3. The van der Waals surface area contributed by atoms with E-state index in [1.807, 2.05) is 11.7 Å². The first-order valence-electron chi connectivity index (χ1n) is 6.71. The average molecular weight is 342 g/mol. The van der Waals surface area contributed by atoms with Gasteiger partial charge >= 0.3 is 5.97 Å². The number of aromatic nitrogens is 2. The summed E-state index contributed by atoms with van der Waals surface area (Å²) in [6.45, 7) is 6.06. The number of carbonyl (C=O) groups is 1. The number of nitrogens with zero attached hydrogens (tertiary/aromatic N) is 3. The van der Waals surface area contributed by atoms with Crippen molar-refractivity contribution in [3.05, 3.63) is 29.0 Å². The van der Waals surface area contributed by atoms with Gasteiger partial charge in [-0.25, -0.2) is 0 Å². The quantitative estimate of drug-likeness (QED) is 0.835. The van der Waals surface area contributed by atoms with Gasteiger partial charge in [0.15, 0.2) is 0 Å². The highest BCUT2D eigenvalue weighted by molar-refractivity contribution is 9.10. The van der Waals surface area contributed by atoms with Crippen molar-refractivity contribution in [3.63, 3.8) is 0 Å². The fourth-order valence-electron chi connectivity index (χ4n) is 2.75. The minimum absolute atomic E-state index is 0.547. The molecular formula is C14H20BrN3O2. The standard InChI is InChI=1S/C14H20BrN3O2/c1-3-4-14(13(19)20)5-7-18(8-6-14)10-12-11(15)9-16-17(12)2/h3,9H,1,4-8,10H2,2H3,(H,19,20). The van der Waals surface area contributed by atoms with Gasteiger partial charge in [-0.2, -0.15) is 5.10 Å². The lowest BCUT2D eigenvalue weighted by molar-refractivity contribution is -0.152. The highest BCUT2D eigenvalue weighted by Gasteiger charge is 2.40. The number of carboxylic acids is 1. The van der Waals surface area contributed by atoms with E-state index in [9.17, 15) is 9.90 Å². The van der Waals surface area contributed by atoms with Crippen LogP contribution in [0.5, 0.6) is 0 Å². The molecule has 0 atom stereocenters. The first-order chi connectivity index (χ1) is 9.48. The maximum atomic E-state index is 11.5. The van der Waals surface area contributed by atoms with Gasteiger partial charge in [0.25, 0.3) is 0 Å². The zero-order valence-electron chi connectivity index (χ0n) is 11.7. The van der Waals surface area contributed by atoms with E-state index in [1.165, 1.54) is 0 Å². The van der Waals surface area contributed by atoms with Crippen molar-refractivity contribution in [2.75, 3.05) is 13.1 Å². The Morgan fingerprint density at radius 3 is 2.70 bits per heavy atom. The second kappa shape index (κ2) is 6.10. The second-order valence-electron chi connectivity index (χ2n) is 5.42. The SMILES string of the molecule is C=CCC1(C(=O)O)CCN(Cc2c(Br)cnn2C)CC1. The third-order valence-electron chi connectivity index (χ3n) is 4.19. The van der Waals surface area contributed by atoms with Crippen molar-refractivity contribution in [2.24, 2.45) is 12.5 Å². The lowest BCUT2D eigenvalue weighted by Crippen LogP contribution is -2.44. The number of aliphatic carboxylic acids is 1. The maximum absolute atomic E-state index is 11.5. The Morgan fingerprint density at radius 2 is 2.25 bits per heavy atom. The third-order valence-corrected chi connectivity index (χ3v) is 4.85. The van der Waals surface area contributed by atoms with Gasteiger partial charge in [0.05, 0.1) is 21.8 Å². The van der Waals surface area contributed by atoms with Crippen molar-refractivity contribution in [1.29, 1.82) is 0 Å². The summed E-state index contributed by atoms with van der Waals surface area (Å²) in [5.41, 5.74) is 0.499. The molecule has 0 saturated carbocycles. The van der Waals surface area contributed by atoms with Gasteiger partial charge < -0.3 is 5.11 Å². The van der Waals surface area contributed by atoms with Gasteiger partial charge in [-0.3, -0.25) is 14.4 Å². The fraction of sp³-hybridized carbons (Fsp3) is 0.571. The predicted molar refractivity (Wildman–Crippen MR) is 80.3 cm³/mol. The Hall–Kier alpha value is -1.14. The minimum Gasteiger partial charge on any atom is -0.481 e. The normalized spacial score (nSPS) is 18.9. The summed E-state index contributed by atoms with van der Waals surface area (Å²) in [5.74, 6) is -0.696. The average Bonchev–Trinajstić information content (AvgIpc) is 2.73. The van der Waals surface area contributed by atoms with Gasteiger partial charge in [0, 0.05) is 13.6 Å². The van der Waals surface area contributed by atoms with Crippen LogP contribution >= 0.6 is 15.9 Å². The van der Waals surface area contributed by atoms with Crippen molar-refractivity contribution < 1.29 is 9.90 Å². The van der Waals surface area contributed by atoms with Gasteiger partial charge in [-0.1, -0.05) is 6.08 Å². The summed E-state index contributed by atoms with van der Waals surface area (Å²) in [4.78, 5) is 13.8.